The summed E-state index contributed by atoms with van der Waals surface area (Å²) >= 11 is 0. The summed E-state index contributed by atoms with van der Waals surface area (Å²) < 4.78 is 53.6. The van der Waals surface area contributed by atoms with Gasteiger partial charge in [0.15, 0.2) is 8.32 Å². The molecule has 10 nitrogen and oxygen atoms in total. The van der Waals surface area contributed by atoms with Crippen LogP contribution in [0.4, 0.5) is 20.3 Å². The highest BCUT2D eigenvalue weighted by atomic mass is 32.2. The Morgan fingerprint density at radius 2 is 1.89 bits per heavy atom. The van der Waals surface area contributed by atoms with Gasteiger partial charge in [-0.1, -0.05) is 26.8 Å². The van der Waals surface area contributed by atoms with E-state index >= 15 is 0 Å². The smallest absolute Gasteiger partial charge is 0.278 e. The van der Waals surface area contributed by atoms with Gasteiger partial charge in [0.05, 0.1) is 21.5 Å². The summed E-state index contributed by atoms with van der Waals surface area (Å²) in [6, 6.07) is 6.36. The van der Waals surface area contributed by atoms with E-state index in [1.54, 1.807) is 60.3 Å². The van der Waals surface area contributed by atoms with Crippen molar-refractivity contribution in [1.29, 1.82) is 0 Å². The van der Waals surface area contributed by atoms with E-state index in [1.165, 1.54) is 12.3 Å². The van der Waals surface area contributed by atoms with Crippen LogP contribution in [0.3, 0.4) is 0 Å². The number of nitrogens with one attached hydrogen (secondary N) is 1. The second kappa shape index (κ2) is 13.3. The number of benzene rings is 1. The van der Waals surface area contributed by atoms with Gasteiger partial charge in [-0.3, -0.25) is 14.3 Å². The number of amides is 2. The molecule has 0 aliphatic carbocycles. The van der Waals surface area contributed by atoms with Crippen LogP contribution in [0.1, 0.15) is 56.0 Å². The standard InChI is InChI=1S/C32H44F2N6O4SSi/c1-22-26(23-18-36-39(5)20-23)19-35-29(40-15-10-13-32(33,34)14-16-40)28(22)30(42)37-24-11-9-12-25(17-24)45(6,43)38-27(41)21-44-46(7,8)31(2,3)4/h9,11-12,17-20H,10,13-16,21H2,1-8H3,(H,37,42)/t45-/m1/s1. The minimum absolute atomic E-state index is 0.0496. The molecule has 0 radical (unpaired) electrons. The molecule has 0 spiro atoms. The lowest BCUT2D eigenvalue weighted by atomic mass is 9.99. The monoisotopic (exact) mass is 674 g/mol. The van der Waals surface area contributed by atoms with E-state index in [-0.39, 0.29) is 47.9 Å². The van der Waals surface area contributed by atoms with Gasteiger partial charge in [0.2, 0.25) is 5.92 Å². The van der Waals surface area contributed by atoms with Crippen molar-refractivity contribution in [3.8, 4) is 11.1 Å². The predicted molar refractivity (Wildman–Crippen MR) is 179 cm³/mol. The summed E-state index contributed by atoms with van der Waals surface area (Å²) in [5, 5.41) is 7.01. The average Bonchev–Trinajstić information content (AvgIpc) is 3.29. The maximum Gasteiger partial charge on any atom is 0.278 e. The Labute approximate surface area is 271 Å². The van der Waals surface area contributed by atoms with Gasteiger partial charge in [0.25, 0.3) is 11.8 Å². The summed E-state index contributed by atoms with van der Waals surface area (Å²) in [7, 11) is -3.59. The number of aromatic nitrogens is 3. The van der Waals surface area contributed by atoms with Crippen LogP contribution in [0, 0.1) is 6.92 Å². The Balaban J connectivity index is 1.65. The largest absolute Gasteiger partial charge is 0.407 e. The minimum Gasteiger partial charge on any atom is -0.407 e. The van der Waals surface area contributed by atoms with E-state index in [1.807, 2.05) is 13.1 Å². The Hall–Kier alpha value is -3.49. The molecule has 250 valence electrons. The maximum absolute atomic E-state index is 14.2. The van der Waals surface area contributed by atoms with Crippen molar-refractivity contribution >= 4 is 41.4 Å². The van der Waals surface area contributed by atoms with Crippen LogP contribution in [-0.4, -0.2) is 71.0 Å². The van der Waals surface area contributed by atoms with E-state index < -0.39 is 35.8 Å². The summed E-state index contributed by atoms with van der Waals surface area (Å²) in [6.45, 7) is 12.1. The highest BCUT2D eigenvalue weighted by molar-refractivity contribution is 7.93. The van der Waals surface area contributed by atoms with Crippen LogP contribution >= 0.6 is 0 Å². The molecule has 46 heavy (non-hydrogen) atoms. The zero-order valence-electron chi connectivity index (χ0n) is 27.8. The molecule has 1 aromatic carbocycles. The zero-order valence-corrected chi connectivity index (χ0v) is 29.6. The first-order valence-corrected chi connectivity index (χ1v) is 20.0. The van der Waals surface area contributed by atoms with Crippen molar-refractivity contribution in [3.63, 3.8) is 0 Å². The van der Waals surface area contributed by atoms with Gasteiger partial charge in [-0.25, -0.2) is 18.0 Å². The summed E-state index contributed by atoms with van der Waals surface area (Å²) in [5.74, 6) is -3.58. The van der Waals surface area contributed by atoms with E-state index in [0.29, 0.717) is 29.2 Å². The van der Waals surface area contributed by atoms with E-state index in [2.05, 4.69) is 40.5 Å². The molecule has 0 unspecified atom stereocenters. The van der Waals surface area contributed by atoms with Crippen molar-refractivity contribution in [2.24, 2.45) is 11.4 Å². The van der Waals surface area contributed by atoms with Crippen molar-refractivity contribution in [2.45, 2.75) is 75.9 Å². The Morgan fingerprint density at radius 3 is 2.54 bits per heavy atom. The number of anilines is 2. The lowest BCUT2D eigenvalue weighted by Crippen LogP contribution is -2.42. The third-order valence-electron chi connectivity index (χ3n) is 8.75. The minimum atomic E-state index is -3.17. The fourth-order valence-electron chi connectivity index (χ4n) is 4.96. The molecule has 0 saturated carbocycles. The molecule has 1 fully saturated rings. The molecule has 14 heteroatoms. The van der Waals surface area contributed by atoms with E-state index in [4.69, 9.17) is 4.43 Å². The molecule has 2 aromatic heterocycles. The summed E-state index contributed by atoms with van der Waals surface area (Å²) in [4.78, 5) is 33.3. The molecular weight excluding hydrogens is 631 g/mol. The van der Waals surface area contributed by atoms with Crippen molar-refractivity contribution < 1.29 is 27.0 Å². The van der Waals surface area contributed by atoms with Gasteiger partial charge in [-0.05, 0) is 55.2 Å². The van der Waals surface area contributed by atoms with Gasteiger partial charge in [-0.2, -0.15) is 9.46 Å². The van der Waals surface area contributed by atoms with Crippen LogP contribution in [0.2, 0.25) is 18.1 Å². The topological polar surface area (TPSA) is 119 Å². The van der Waals surface area contributed by atoms with Crippen LogP contribution in [-0.2, 0) is 26.0 Å². The highest BCUT2D eigenvalue weighted by Gasteiger charge is 2.38. The number of aryl methyl sites for hydroxylation is 1. The zero-order chi connectivity index (χ0) is 34.1. The van der Waals surface area contributed by atoms with E-state index in [0.717, 1.165) is 5.56 Å². The average molecular weight is 675 g/mol. The number of hydrogen-bond donors (Lipinski definition) is 1. The Kier molecular flexibility index (Phi) is 10.2. The third kappa shape index (κ3) is 8.26. The van der Waals surface area contributed by atoms with Crippen LogP contribution in [0.5, 0.6) is 0 Å². The SMILES string of the molecule is Cc1c(-c2cnn(C)c2)cnc(N2CCCC(F)(F)CC2)c1C(=O)Nc1cccc([S@@](C)(=O)=NC(=O)CO[Si](C)(C)C(C)(C)C)c1. The third-order valence-corrected chi connectivity index (χ3v) is 14.9. The fraction of sp³-hybridized carbons (Fsp3) is 0.500. The molecule has 3 heterocycles. The number of nitrogens with zero attached hydrogens (tertiary/aromatic N) is 5. The molecule has 1 N–H and O–H groups in total. The molecule has 1 atom stereocenters. The first kappa shape index (κ1) is 35.4. The normalized spacial score (nSPS) is 16.8. The van der Waals surface area contributed by atoms with Gasteiger partial charge >= 0.3 is 0 Å². The van der Waals surface area contributed by atoms with Gasteiger partial charge < -0.3 is 14.6 Å². The van der Waals surface area contributed by atoms with Crippen LogP contribution in [0.15, 0.2) is 52.1 Å². The summed E-state index contributed by atoms with van der Waals surface area (Å²) in [6.07, 6.45) is 6.18. The quantitative estimate of drug-likeness (QED) is 0.265. The number of carbonyl (C=O) groups excluding carboxylic acids is 2. The van der Waals surface area contributed by atoms with Crippen LogP contribution < -0.4 is 10.2 Å². The van der Waals surface area contributed by atoms with Crippen molar-refractivity contribution in [1.82, 2.24) is 14.8 Å². The van der Waals surface area contributed by atoms with Gasteiger partial charge in [0, 0.05) is 73.3 Å². The molecule has 4 rings (SSSR count). The first-order valence-electron chi connectivity index (χ1n) is 15.2. The molecule has 1 saturated heterocycles. The fourth-order valence-corrected chi connectivity index (χ4v) is 7.10. The lowest BCUT2D eigenvalue weighted by molar-refractivity contribution is -0.119. The highest BCUT2D eigenvalue weighted by Crippen LogP contribution is 2.37. The number of pyridine rings is 1. The molecule has 0 bridgehead atoms. The molecular formula is C32H44F2N6O4SSi. The van der Waals surface area contributed by atoms with Gasteiger partial charge in [0.1, 0.15) is 12.4 Å². The van der Waals surface area contributed by atoms with Crippen molar-refractivity contribution in [2.75, 3.05) is 36.2 Å². The number of alkyl halides is 2. The van der Waals surface area contributed by atoms with E-state index in [9.17, 15) is 22.6 Å². The molecule has 2 amide bonds. The predicted octanol–water partition coefficient (Wildman–Crippen LogP) is 6.67. The van der Waals surface area contributed by atoms with Gasteiger partial charge in [-0.15, -0.1) is 0 Å². The summed E-state index contributed by atoms with van der Waals surface area (Å²) in [5.41, 5.74) is 2.63. The molecule has 1 aliphatic rings. The molecule has 3 aromatic rings. The maximum atomic E-state index is 14.2. The number of halogens is 2. The second-order valence-electron chi connectivity index (χ2n) is 13.4. The van der Waals surface area contributed by atoms with Crippen molar-refractivity contribution in [3.05, 3.63) is 54.0 Å². The lowest BCUT2D eigenvalue weighted by Gasteiger charge is -2.35. The molecule has 1 aliphatic heterocycles. The second-order valence-corrected chi connectivity index (χ2v) is 20.5. The Morgan fingerprint density at radius 1 is 1.17 bits per heavy atom. The number of rotatable bonds is 8. The number of hydrogen-bond acceptors (Lipinski definition) is 7. The number of carbonyl (C=O) groups is 2. The Bertz CT molecular complexity index is 1740. The first-order chi connectivity index (χ1) is 21.3. The van der Waals surface area contributed by atoms with Crippen LogP contribution in [0.25, 0.3) is 11.1 Å².